The lowest BCUT2D eigenvalue weighted by molar-refractivity contribution is 0.0644. The first kappa shape index (κ1) is 15.2. The van der Waals surface area contributed by atoms with E-state index >= 15 is 0 Å². The van der Waals surface area contributed by atoms with Gasteiger partial charge in [0.2, 0.25) is 0 Å². The fraction of sp³-hybridized carbons (Fsp3) is 0.500. The van der Waals surface area contributed by atoms with E-state index in [0.717, 1.165) is 5.56 Å². The van der Waals surface area contributed by atoms with Crippen LogP contribution in [0.15, 0.2) is 16.6 Å². The second-order valence-electron chi connectivity index (χ2n) is 3.87. The number of hydrogen-bond donors (Lipinski definition) is 3. The van der Waals surface area contributed by atoms with Crippen LogP contribution >= 0.6 is 15.9 Å². The van der Waals surface area contributed by atoms with Crippen molar-refractivity contribution < 1.29 is 19.7 Å². The summed E-state index contributed by atoms with van der Waals surface area (Å²) >= 11 is 3.26. The highest BCUT2D eigenvalue weighted by molar-refractivity contribution is 9.10. The lowest BCUT2D eigenvalue weighted by Crippen LogP contribution is -2.29. The molecule has 102 valence electrons. The highest BCUT2D eigenvalue weighted by Gasteiger charge is 2.09. The number of phenols is 1. The van der Waals surface area contributed by atoms with E-state index in [0.29, 0.717) is 29.9 Å². The summed E-state index contributed by atoms with van der Waals surface area (Å²) in [4.78, 5) is 0. The summed E-state index contributed by atoms with van der Waals surface area (Å²) in [5.41, 5.74) is 0.946. The topological polar surface area (TPSA) is 71.0 Å². The minimum Gasteiger partial charge on any atom is -0.503 e. The lowest BCUT2D eigenvalue weighted by atomic mass is 10.2. The largest absolute Gasteiger partial charge is 0.503 e. The Balaban J connectivity index is 2.55. The van der Waals surface area contributed by atoms with Crippen LogP contribution in [0, 0.1) is 0 Å². The van der Waals surface area contributed by atoms with E-state index in [9.17, 15) is 10.2 Å². The number of aliphatic hydroxyl groups is 1. The molecule has 1 aromatic rings. The molecule has 0 heterocycles. The molecule has 6 heteroatoms. The first-order chi connectivity index (χ1) is 8.58. The molecule has 0 saturated heterocycles. The van der Waals surface area contributed by atoms with Gasteiger partial charge >= 0.3 is 0 Å². The molecule has 0 fully saturated rings. The van der Waals surface area contributed by atoms with Gasteiger partial charge in [-0.15, -0.1) is 0 Å². The smallest absolute Gasteiger partial charge is 0.172 e. The number of phenolic OH excluding ortho intramolecular Hbond substituents is 1. The van der Waals surface area contributed by atoms with Crippen molar-refractivity contribution in [2.45, 2.75) is 12.6 Å². The molecule has 0 saturated carbocycles. The van der Waals surface area contributed by atoms with Crippen molar-refractivity contribution in [2.75, 3.05) is 27.4 Å². The van der Waals surface area contributed by atoms with Crippen molar-refractivity contribution in [1.82, 2.24) is 5.32 Å². The maximum atomic E-state index is 9.66. The molecule has 1 atom stereocenters. The highest BCUT2D eigenvalue weighted by atomic mass is 79.9. The second-order valence-corrected chi connectivity index (χ2v) is 4.72. The standard InChI is InChI=1S/C12H18BrNO4/c1-17-7-9(15)6-14-5-8-3-10(13)12(16)11(4-8)18-2/h3-4,9,14-16H,5-7H2,1-2H3. The lowest BCUT2D eigenvalue weighted by Gasteiger charge is -2.12. The summed E-state index contributed by atoms with van der Waals surface area (Å²) < 4.78 is 10.5. The molecule has 1 rings (SSSR count). The molecule has 3 N–H and O–H groups in total. The Labute approximate surface area is 115 Å². The molecule has 0 aromatic heterocycles. The minimum absolute atomic E-state index is 0.0840. The maximum Gasteiger partial charge on any atom is 0.172 e. The number of aromatic hydroxyl groups is 1. The Kier molecular flexibility index (Phi) is 6.42. The summed E-state index contributed by atoms with van der Waals surface area (Å²) in [5, 5.41) is 22.2. The number of ether oxygens (including phenoxy) is 2. The van der Waals surface area contributed by atoms with Gasteiger partial charge in [0.05, 0.1) is 24.3 Å². The average Bonchev–Trinajstić information content (AvgIpc) is 2.33. The molecular weight excluding hydrogens is 302 g/mol. The van der Waals surface area contributed by atoms with Gasteiger partial charge in [-0.3, -0.25) is 0 Å². The molecule has 0 aliphatic carbocycles. The molecule has 1 unspecified atom stereocenters. The van der Waals surface area contributed by atoms with Gasteiger partial charge in [-0.25, -0.2) is 0 Å². The Bertz CT molecular complexity index is 387. The molecule has 1 aromatic carbocycles. The van der Waals surface area contributed by atoms with Crippen LogP contribution in [0.2, 0.25) is 0 Å². The predicted molar refractivity (Wildman–Crippen MR) is 71.9 cm³/mol. The van der Waals surface area contributed by atoms with E-state index in [4.69, 9.17) is 9.47 Å². The number of methoxy groups -OCH3 is 2. The molecule has 0 aliphatic rings. The van der Waals surface area contributed by atoms with Crippen LogP contribution in [0.3, 0.4) is 0 Å². The molecule has 0 radical (unpaired) electrons. The van der Waals surface area contributed by atoms with Crippen LogP contribution in [0.25, 0.3) is 0 Å². The molecular formula is C12H18BrNO4. The van der Waals surface area contributed by atoms with E-state index in [1.165, 1.54) is 7.11 Å². The van der Waals surface area contributed by atoms with Gasteiger partial charge in [0.25, 0.3) is 0 Å². The molecule has 5 nitrogen and oxygen atoms in total. The minimum atomic E-state index is -0.530. The van der Waals surface area contributed by atoms with Crippen LogP contribution in [0.5, 0.6) is 11.5 Å². The zero-order valence-electron chi connectivity index (χ0n) is 10.4. The van der Waals surface area contributed by atoms with E-state index in [-0.39, 0.29) is 5.75 Å². The number of aliphatic hydroxyl groups excluding tert-OH is 1. The first-order valence-corrected chi connectivity index (χ1v) is 6.30. The monoisotopic (exact) mass is 319 g/mol. The van der Waals surface area contributed by atoms with Crippen molar-refractivity contribution in [3.8, 4) is 11.5 Å². The van der Waals surface area contributed by atoms with Gasteiger partial charge in [0, 0.05) is 20.2 Å². The van der Waals surface area contributed by atoms with Gasteiger partial charge in [0.15, 0.2) is 11.5 Å². The zero-order valence-corrected chi connectivity index (χ0v) is 12.0. The Hall–Kier alpha value is -0.820. The summed E-state index contributed by atoms with van der Waals surface area (Å²) in [7, 11) is 3.05. The highest BCUT2D eigenvalue weighted by Crippen LogP contribution is 2.35. The number of hydrogen-bond acceptors (Lipinski definition) is 5. The van der Waals surface area contributed by atoms with Crippen molar-refractivity contribution >= 4 is 15.9 Å². The third-order valence-electron chi connectivity index (χ3n) is 2.38. The number of rotatable bonds is 7. The van der Waals surface area contributed by atoms with E-state index < -0.39 is 6.10 Å². The van der Waals surface area contributed by atoms with Crippen LogP contribution in [0.1, 0.15) is 5.56 Å². The third kappa shape index (κ3) is 4.45. The zero-order chi connectivity index (χ0) is 13.5. The normalized spacial score (nSPS) is 12.4. The van der Waals surface area contributed by atoms with E-state index in [1.54, 1.807) is 19.2 Å². The Morgan fingerprint density at radius 2 is 2.11 bits per heavy atom. The van der Waals surface area contributed by atoms with Gasteiger partial charge in [-0.1, -0.05) is 0 Å². The van der Waals surface area contributed by atoms with Crippen LogP contribution in [-0.2, 0) is 11.3 Å². The molecule has 0 aliphatic heterocycles. The van der Waals surface area contributed by atoms with Gasteiger partial charge in [-0.05, 0) is 33.6 Å². The van der Waals surface area contributed by atoms with E-state index in [2.05, 4.69) is 21.2 Å². The van der Waals surface area contributed by atoms with Gasteiger partial charge in [0.1, 0.15) is 0 Å². The van der Waals surface area contributed by atoms with Gasteiger partial charge in [-0.2, -0.15) is 0 Å². The summed E-state index contributed by atoms with van der Waals surface area (Å²) in [6.45, 7) is 1.31. The van der Waals surface area contributed by atoms with Crippen LogP contribution < -0.4 is 10.1 Å². The molecule has 0 amide bonds. The summed E-state index contributed by atoms with van der Waals surface area (Å²) in [6.07, 6.45) is -0.530. The molecule has 0 spiro atoms. The SMILES string of the molecule is COCC(O)CNCc1cc(Br)c(O)c(OC)c1. The molecule has 18 heavy (non-hydrogen) atoms. The number of benzene rings is 1. The number of nitrogens with one attached hydrogen (secondary N) is 1. The van der Waals surface area contributed by atoms with Crippen LogP contribution in [0.4, 0.5) is 0 Å². The predicted octanol–water partition coefficient (Wildman–Crippen LogP) is 1.26. The van der Waals surface area contributed by atoms with Crippen molar-refractivity contribution in [3.63, 3.8) is 0 Å². The average molecular weight is 320 g/mol. The van der Waals surface area contributed by atoms with E-state index in [1.807, 2.05) is 0 Å². The maximum absolute atomic E-state index is 9.66. The second kappa shape index (κ2) is 7.58. The van der Waals surface area contributed by atoms with Crippen molar-refractivity contribution in [2.24, 2.45) is 0 Å². The molecule has 0 bridgehead atoms. The van der Waals surface area contributed by atoms with Crippen LogP contribution in [-0.4, -0.2) is 43.7 Å². The Morgan fingerprint density at radius 1 is 1.39 bits per heavy atom. The quantitative estimate of drug-likeness (QED) is 0.706. The summed E-state index contributed by atoms with van der Waals surface area (Å²) in [6, 6.07) is 3.54. The van der Waals surface area contributed by atoms with Crippen molar-refractivity contribution in [3.05, 3.63) is 22.2 Å². The fourth-order valence-electron chi connectivity index (χ4n) is 1.52. The first-order valence-electron chi connectivity index (χ1n) is 5.51. The fourth-order valence-corrected chi connectivity index (χ4v) is 2.01. The Morgan fingerprint density at radius 3 is 2.72 bits per heavy atom. The van der Waals surface area contributed by atoms with Gasteiger partial charge < -0.3 is 25.0 Å². The van der Waals surface area contributed by atoms with Crippen molar-refractivity contribution in [1.29, 1.82) is 0 Å². The third-order valence-corrected chi connectivity index (χ3v) is 2.98. The summed E-state index contributed by atoms with van der Waals surface area (Å²) in [5.74, 6) is 0.499. The number of halogens is 1.